The summed E-state index contributed by atoms with van der Waals surface area (Å²) in [6, 6.07) is 8.29. The Morgan fingerprint density at radius 3 is 2.53 bits per heavy atom. The van der Waals surface area contributed by atoms with Crippen LogP contribution in [-0.2, 0) is 13.0 Å². The van der Waals surface area contributed by atoms with E-state index in [0.29, 0.717) is 6.42 Å². The Morgan fingerprint density at radius 2 is 1.95 bits per heavy atom. The summed E-state index contributed by atoms with van der Waals surface area (Å²) in [5.41, 5.74) is 4.77. The van der Waals surface area contributed by atoms with Crippen LogP contribution in [0.4, 0.5) is 0 Å². The molecule has 1 aromatic heterocycles. The molecule has 0 saturated carbocycles. The molecule has 0 aliphatic rings. The van der Waals surface area contributed by atoms with Crippen LogP contribution in [0.1, 0.15) is 29.3 Å². The monoisotopic (exact) mass is 322 g/mol. The molecule has 1 unspecified atom stereocenters. The van der Waals surface area contributed by atoms with Gasteiger partial charge < -0.3 is 5.11 Å². The molecule has 4 heteroatoms. The SMILES string of the molecule is Cc1cccc(C)c1Cn1nc(CC(C)O)cc1Br. The summed E-state index contributed by atoms with van der Waals surface area (Å²) in [7, 11) is 0. The topological polar surface area (TPSA) is 38.0 Å². The van der Waals surface area contributed by atoms with Gasteiger partial charge in [0.25, 0.3) is 0 Å². The number of halogens is 1. The Bertz CT molecular complexity index is 555. The van der Waals surface area contributed by atoms with Crippen molar-refractivity contribution in [2.45, 2.75) is 39.8 Å². The van der Waals surface area contributed by atoms with Crippen molar-refractivity contribution in [3.8, 4) is 0 Å². The molecular formula is C15H19BrN2O. The summed E-state index contributed by atoms with van der Waals surface area (Å²) < 4.78 is 2.89. The van der Waals surface area contributed by atoms with Crippen molar-refractivity contribution in [2.75, 3.05) is 0 Å². The highest BCUT2D eigenvalue weighted by Gasteiger charge is 2.10. The van der Waals surface area contributed by atoms with E-state index in [9.17, 15) is 5.11 Å². The zero-order chi connectivity index (χ0) is 14.0. The van der Waals surface area contributed by atoms with Crippen molar-refractivity contribution in [2.24, 2.45) is 0 Å². The van der Waals surface area contributed by atoms with Gasteiger partial charge in [-0.1, -0.05) is 18.2 Å². The highest BCUT2D eigenvalue weighted by atomic mass is 79.9. The molecule has 0 bridgehead atoms. The van der Waals surface area contributed by atoms with Gasteiger partial charge in [-0.25, -0.2) is 0 Å². The Morgan fingerprint density at radius 1 is 1.32 bits per heavy atom. The van der Waals surface area contributed by atoms with Gasteiger partial charge in [-0.05, 0) is 59.5 Å². The third-order valence-electron chi connectivity index (χ3n) is 3.24. The van der Waals surface area contributed by atoms with Gasteiger partial charge in [0.05, 0.1) is 18.3 Å². The molecule has 0 aliphatic heterocycles. The molecule has 1 aromatic carbocycles. The van der Waals surface area contributed by atoms with Gasteiger partial charge in [0.15, 0.2) is 0 Å². The maximum Gasteiger partial charge on any atom is 0.104 e. The largest absolute Gasteiger partial charge is 0.393 e. The number of aromatic nitrogens is 2. The van der Waals surface area contributed by atoms with Crippen LogP contribution in [0.15, 0.2) is 28.9 Å². The van der Waals surface area contributed by atoms with E-state index in [0.717, 1.165) is 16.8 Å². The maximum absolute atomic E-state index is 9.42. The fourth-order valence-corrected chi connectivity index (χ4v) is 2.67. The van der Waals surface area contributed by atoms with Crippen molar-refractivity contribution in [1.82, 2.24) is 9.78 Å². The second-order valence-corrected chi connectivity index (χ2v) is 5.85. The van der Waals surface area contributed by atoms with Crippen molar-refractivity contribution in [1.29, 1.82) is 0 Å². The van der Waals surface area contributed by atoms with Crippen LogP contribution in [0, 0.1) is 13.8 Å². The number of aryl methyl sites for hydroxylation is 2. The van der Waals surface area contributed by atoms with E-state index in [1.165, 1.54) is 16.7 Å². The standard InChI is InChI=1S/C15H19BrN2O/c1-10-5-4-6-11(2)14(10)9-18-15(16)8-13(17-18)7-12(3)19/h4-6,8,12,19H,7,9H2,1-3H3. The number of rotatable bonds is 4. The Labute approximate surface area is 122 Å². The quantitative estimate of drug-likeness (QED) is 0.938. The second kappa shape index (κ2) is 5.88. The number of hydrogen-bond donors (Lipinski definition) is 1. The predicted octanol–water partition coefficient (Wildman–Crippen LogP) is 3.23. The summed E-state index contributed by atoms with van der Waals surface area (Å²) in [6.07, 6.45) is 0.216. The van der Waals surface area contributed by atoms with Crippen LogP contribution in [0.25, 0.3) is 0 Å². The van der Waals surface area contributed by atoms with E-state index in [1.807, 2.05) is 10.7 Å². The lowest BCUT2D eigenvalue weighted by atomic mass is 10.0. The summed E-state index contributed by atoms with van der Waals surface area (Å²) >= 11 is 3.53. The first-order chi connectivity index (χ1) is 8.97. The summed E-state index contributed by atoms with van der Waals surface area (Å²) in [5.74, 6) is 0. The van der Waals surface area contributed by atoms with Gasteiger partial charge in [-0.3, -0.25) is 4.68 Å². The van der Waals surface area contributed by atoms with Crippen LogP contribution in [-0.4, -0.2) is 21.0 Å². The van der Waals surface area contributed by atoms with Crippen molar-refractivity contribution in [3.63, 3.8) is 0 Å². The molecular weight excluding hydrogens is 304 g/mol. The molecule has 3 nitrogen and oxygen atoms in total. The second-order valence-electron chi connectivity index (χ2n) is 5.04. The number of hydrogen-bond acceptors (Lipinski definition) is 2. The fraction of sp³-hybridized carbons (Fsp3) is 0.400. The van der Waals surface area contributed by atoms with E-state index in [1.54, 1.807) is 6.92 Å². The molecule has 1 N–H and O–H groups in total. The lowest BCUT2D eigenvalue weighted by molar-refractivity contribution is 0.194. The van der Waals surface area contributed by atoms with E-state index < -0.39 is 0 Å². The Balaban J connectivity index is 2.26. The molecule has 0 aliphatic carbocycles. The first-order valence-corrected chi connectivity index (χ1v) is 7.22. The summed E-state index contributed by atoms with van der Waals surface area (Å²) in [4.78, 5) is 0. The van der Waals surface area contributed by atoms with Crippen LogP contribution >= 0.6 is 15.9 Å². The van der Waals surface area contributed by atoms with E-state index in [4.69, 9.17) is 0 Å². The molecule has 0 spiro atoms. The van der Waals surface area contributed by atoms with Gasteiger partial charge in [-0.15, -0.1) is 0 Å². The van der Waals surface area contributed by atoms with Gasteiger partial charge in [0.2, 0.25) is 0 Å². The molecule has 0 amide bonds. The van der Waals surface area contributed by atoms with Crippen LogP contribution in [0.2, 0.25) is 0 Å². The van der Waals surface area contributed by atoms with Gasteiger partial charge in [0, 0.05) is 6.42 Å². The highest BCUT2D eigenvalue weighted by molar-refractivity contribution is 9.10. The van der Waals surface area contributed by atoms with Gasteiger partial charge in [0.1, 0.15) is 4.60 Å². The average Bonchev–Trinajstić information content (AvgIpc) is 2.63. The Kier molecular flexibility index (Phi) is 4.42. The average molecular weight is 323 g/mol. The lowest BCUT2D eigenvalue weighted by Crippen LogP contribution is -2.08. The van der Waals surface area contributed by atoms with Crippen molar-refractivity contribution < 1.29 is 5.11 Å². The number of aliphatic hydroxyl groups excluding tert-OH is 1. The normalized spacial score (nSPS) is 12.7. The minimum atomic E-state index is -0.365. The minimum absolute atomic E-state index is 0.365. The van der Waals surface area contributed by atoms with Crippen molar-refractivity contribution in [3.05, 3.63) is 51.3 Å². The van der Waals surface area contributed by atoms with Gasteiger partial charge in [-0.2, -0.15) is 5.10 Å². The minimum Gasteiger partial charge on any atom is -0.393 e. The number of aliphatic hydroxyl groups is 1. The third kappa shape index (κ3) is 3.45. The maximum atomic E-state index is 9.42. The van der Waals surface area contributed by atoms with Crippen LogP contribution in [0.3, 0.4) is 0 Å². The first-order valence-electron chi connectivity index (χ1n) is 6.42. The van der Waals surface area contributed by atoms with Crippen LogP contribution in [0.5, 0.6) is 0 Å². The zero-order valence-electron chi connectivity index (χ0n) is 11.5. The first kappa shape index (κ1) is 14.3. The zero-order valence-corrected chi connectivity index (χ0v) is 13.1. The highest BCUT2D eigenvalue weighted by Crippen LogP contribution is 2.19. The fourth-order valence-electron chi connectivity index (χ4n) is 2.21. The number of nitrogens with zero attached hydrogens (tertiary/aromatic N) is 2. The molecule has 2 aromatic rings. The van der Waals surface area contributed by atoms with Crippen molar-refractivity contribution >= 4 is 15.9 Å². The molecule has 19 heavy (non-hydrogen) atoms. The molecule has 0 fully saturated rings. The molecule has 2 rings (SSSR count). The Hall–Kier alpha value is -1.13. The molecule has 0 saturated heterocycles. The summed E-state index contributed by atoms with van der Waals surface area (Å²) in [6.45, 7) is 6.77. The molecule has 1 heterocycles. The molecule has 102 valence electrons. The van der Waals surface area contributed by atoms with E-state index >= 15 is 0 Å². The molecule has 1 atom stereocenters. The third-order valence-corrected chi connectivity index (χ3v) is 3.88. The smallest absolute Gasteiger partial charge is 0.104 e. The van der Waals surface area contributed by atoms with E-state index in [2.05, 4.69) is 53.1 Å². The molecule has 0 radical (unpaired) electrons. The van der Waals surface area contributed by atoms with Crippen LogP contribution < -0.4 is 0 Å². The lowest BCUT2D eigenvalue weighted by Gasteiger charge is -2.10. The van der Waals surface area contributed by atoms with Gasteiger partial charge >= 0.3 is 0 Å². The summed E-state index contributed by atoms with van der Waals surface area (Å²) in [5, 5.41) is 14.0. The van der Waals surface area contributed by atoms with E-state index in [-0.39, 0.29) is 6.10 Å². The predicted molar refractivity (Wildman–Crippen MR) is 80.3 cm³/mol. The number of benzene rings is 1.